The third kappa shape index (κ3) is 3.02. The first-order valence-corrected chi connectivity index (χ1v) is 7.32. The lowest BCUT2D eigenvalue weighted by Crippen LogP contribution is -2.29. The second-order valence-electron chi connectivity index (χ2n) is 5.38. The molecule has 7 nitrogen and oxygen atoms in total. The number of carbonyl (C=O) groups is 1. The average Bonchev–Trinajstić information content (AvgIpc) is 3.15. The molecule has 0 spiro atoms. The van der Waals surface area contributed by atoms with Crippen LogP contribution in [0.25, 0.3) is 5.65 Å². The summed E-state index contributed by atoms with van der Waals surface area (Å²) in [7, 11) is 0. The first-order valence-electron chi connectivity index (χ1n) is 7.32. The second-order valence-corrected chi connectivity index (χ2v) is 5.38. The number of rotatable bonds is 5. The Bertz CT molecular complexity index is 627. The Balaban J connectivity index is 1.63. The van der Waals surface area contributed by atoms with Crippen LogP contribution in [0, 0.1) is 5.92 Å². The molecular formula is C14H19N5O2. The molecule has 0 bridgehead atoms. The Morgan fingerprint density at radius 1 is 1.48 bits per heavy atom. The van der Waals surface area contributed by atoms with Crippen LogP contribution in [0.2, 0.25) is 0 Å². The Morgan fingerprint density at radius 2 is 2.38 bits per heavy atom. The minimum atomic E-state index is 0.0328. The standard InChI is InChI=1S/C14H19N5O2/c1-2-7-21-10-11-5-6-18(8-11)14(20)12-3-4-13-15-16-17-19(13)9-12/h3-4,9,11H,2,5-8,10H2,1H3. The zero-order valence-electron chi connectivity index (χ0n) is 12.1. The lowest BCUT2D eigenvalue weighted by molar-refractivity contribution is 0.0754. The number of amides is 1. The zero-order chi connectivity index (χ0) is 14.7. The van der Waals surface area contributed by atoms with Crippen molar-refractivity contribution in [2.75, 3.05) is 26.3 Å². The van der Waals surface area contributed by atoms with Gasteiger partial charge in [0.1, 0.15) is 0 Å². The van der Waals surface area contributed by atoms with Gasteiger partial charge in [-0.05, 0) is 35.4 Å². The normalized spacial score (nSPS) is 18.5. The second kappa shape index (κ2) is 6.17. The largest absolute Gasteiger partial charge is 0.381 e. The Labute approximate surface area is 122 Å². The molecule has 1 fully saturated rings. The van der Waals surface area contributed by atoms with E-state index in [9.17, 15) is 4.79 Å². The quantitative estimate of drug-likeness (QED) is 0.768. The van der Waals surface area contributed by atoms with Crippen LogP contribution in [-0.2, 0) is 4.74 Å². The number of fused-ring (bicyclic) bond motifs is 1. The molecule has 0 aromatic carbocycles. The predicted octanol–water partition coefficient (Wildman–Crippen LogP) is 1.01. The van der Waals surface area contributed by atoms with Crippen molar-refractivity contribution in [3.8, 4) is 0 Å². The van der Waals surface area contributed by atoms with Crippen molar-refractivity contribution < 1.29 is 9.53 Å². The molecule has 0 saturated carbocycles. The van der Waals surface area contributed by atoms with Crippen LogP contribution in [0.15, 0.2) is 18.3 Å². The SMILES string of the molecule is CCCOCC1CCN(C(=O)c2ccc3nnnn3c2)C1. The maximum Gasteiger partial charge on any atom is 0.255 e. The lowest BCUT2D eigenvalue weighted by atomic mass is 10.1. The molecule has 1 aliphatic heterocycles. The van der Waals surface area contributed by atoms with Crippen molar-refractivity contribution in [3.63, 3.8) is 0 Å². The highest BCUT2D eigenvalue weighted by Gasteiger charge is 2.27. The zero-order valence-corrected chi connectivity index (χ0v) is 12.1. The maximum atomic E-state index is 12.5. The van der Waals surface area contributed by atoms with E-state index in [4.69, 9.17) is 4.74 Å². The molecular weight excluding hydrogens is 270 g/mol. The van der Waals surface area contributed by atoms with Gasteiger partial charge in [0.15, 0.2) is 5.65 Å². The number of tetrazole rings is 1. The highest BCUT2D eigenvalue weighted by atomic mass is 16.5. The molecule has 1 amide bonds. The Morgan fingerprint density at radius 3 is 3.24 bits per heavy atom. The Hall–Kier alpha value is -2.02. The molecule has 0 radical (unpaired) electrons. The van der Waals surface area contributed by atoms with Crippen LogP contribution in [0.3, 0.4) is 0 Å². The summed E-state index contributed by atoms with van der Waals surface area (Å²) in [5, 5.41) is 11.2. The van der Waals surface area contributed by atoms with E-state index in [2.05, 4.69) is 22.4 Å². The average molecular weight is 289 g/mol. The van der Waals surface area contributed by atoms with Crippen LogP contribution in [0.5, 0.6) is 0 Å². The monoisotopic (exact) mass is 289 g/mol. The number of likely N-dealkylation sites (tertiary alicyclic amines) is 1. The van der Waals surface area contributed by atoms with Gasteiger partial charge in [0.25, 0.3) is 5.91 Å². The van der Waals surface area contributed by atoms with Crippen LogP contribution in [0.4, 0.5) is 0 Å². The van der Waals surface area contributed by atoms with Crippen molar-refractivity contribution in [1.29, 1.82) is 0 Å². The van der Waals surface area contributed by atoms with Gasteiger partial charge in [-0.3, -0.25) is 4.79 Å². The third-order valence-electron chi connectivity index (χ3n) is 3.71. The fraction of sp³-hybridized carbons (Fsp3) is 0.571. The molecule has 2 aromatic heterocycles. The number of ether oxygens (including phenoxy) is 1. The summed E-state index contributed by atoms with van der Waals surface area (Å²) in [4.78, 5) is 14.4. The molecule has 21 heavy (non-hydrogen) atoms. The smallest absolute Gasteiger partial charge is 0.255 e. The van der Waals surface area contributed by atoms with E-state index in [0.717, 1.165) is 39.1 Å². The molecule has 1 aliphatic rings. The number of aromatic nitrogens is 4. The van der Waals surface area contributed by atoms with Crippen molar-refractivity contribution in [3.05, 3.63) is 23.9 Å². The van der Waals surface area contributed by atoms with Gasteiger partial charge in [0.2, 0.25) is 0 Å². The Kier molecular flexibility index (Phi) is 4.10. The van der Waals surface area contributed by atoms with Crippen LogP contribution in [-0.4, -0.2) is 57.2 Å². The first kappa shape index (κ1) is 13.9. The number of carbonyl (C=O) groups excluding carboxylic acids is 1. The molecule has 1 unspecified atom stereocenters. The van der Waals surface area contributed by atoms with Gasteiger partial charge in [-0.25, -0.2) is 0 Å². The van der Waals surface area contributed by atoms with Crippen molar-refractivity contribution in [1.82, 2.24) is 24.9 Å². The predicted molar refractivity (Wildman–Crippen MR) is 75.9 cm³/mol. The fourth-order valence-electron chi connectivity index (χ4n) is 2.60. The molecule has 0 aliphatic carbocycles. The minimum absolute atomic E-state index is 0.0328. The molecule has 0 N–H and O–H groups in total. The van der Waals surface area contributed by atoms with Gasteiger partial charge in [-0.2, -0.15) is 4.52 Å². The van der Waals surface area contributed by atoms with Crippen molar-refractivity contribution in [2.24, 2.45) is 5.92 Å². The van der Waals surface area contributed by atoms with Gasteiger partial charge in [0.05, 0.1) is 12.2 Å². The molecule has 3 heterocycles. The summed E-state index contributed by atoms with van der Waals surface area (Å²) in [6.07, 6.45) is 3.71. The van der Waals surface area contributed by atoms with E-state index in [1.807, 2.05) is 4.90 Å². The molecule has 2 aromatic rings. The summed E-state index contributed by atoms with van der Waals surface area (Å²) in [6, 6.07) is 3.53. The van der Waals surface area contributed by atoms with E-state index in [-0.39, 0.29) is 5.91 Å². The molecule has 112 valence electrons. The molecule has 1 atom stereocenters. The lowest BCUT2D eigenvalue weighted by Gasteiger charge is -2.16. The van der Waals surface area contributed by atoms with E-state index < -0.39 is 0 Å². The number of hydrogen-bond acceptors (Lipinski definition) is 5. The van der Waals surface area contributed by atoms with Gasteiger partial charge < -0.3 is 9.64 Å². The van der Waals surface area contributed by atoms with Crippen molar-refractivity contribution in [2.45, 2.75) is 19.8 Å². The van der Waals surface area contributed by atoms with Gasteiger partial charge in [0, 0.05) is 31.8 Å². The van der Waals surface area contributed by atoms with Crippen molar-refractivity contribution >= 4 is 11.6 Å². The van der Waals surface area contributed by atoms with Crippen LogP contribution in [0.1, 0.15) is 30.1 Å². The van der Waals surface area contributed by atoms with Gasteiger partial charge >= 0.3 is 0 Å². The highest BCUT2D eigenvalue weighted by Crippen LogP contribution is 2.19. The third-order valence-corrected chi connectivity index (χ3v) is 3.71. The van der Waals surface area contributed by atoms with E-state index in [1.165, 1.54) is 4.52 Å². The topological polar surface area (TPSA) is 72.6 Å². The summed E-state index contributed by atoms with van der Waals surface area (Å²) in [6.45, 7) is 5.17. The number of hydrogen-bond donors (Lipinski definition) is 0. The van der Waals surface area contributed by atoms with E-state index in [0.29, 0.717) is 17.1 Å². The molecule has 3 rings (SSSR count). The number of pyridine rings is 1. The highest BCUT2D eigenvalue weighted by molar-refractivity contribution is 5.94. The summed E-state index contributed by atoms with van der Waals surface area (Å²) < 4.78 is 7.10. The van der Waals surface area contributed by atoms with Crippen LogP contribution < -0.4 is 0 Å². The molecule has 7 heteroatoms. The summed E-state index contributed by atoms with van der Waals surface area (Å²) >= 11 is 0. The van der Waals surface area contributed by atoms with Gasteiger partial charge in [-0.1, -0.05) is 6.92 Å². The first-order chi connectivity index (χ1) is 10.3. The molecule has 1 saturated heterocycles. The fourth-order valence-corrected chi connectivity index (χ4v) is 2.60. The number of nitrogens with zero attached hydrogens (tertiary/aromatic N) is 5. The summed E-state index contributed by atoms with van der Waals surface area (Å²) in [5.41, 5.74) is 1.25. The van der Waals surface area contributed by atoms with E-state index in [1.54, 1.807) is 18.3 Å². The van der Waals surface area contributed by atoms with Gasteiger partial charge in [-0.15, -0.1) is 5.10 Å². The van der Waals surface area contributed by atoms with Crippen LogP contribution >= 0.6 is 0 Å². The van der Waals surface area contributed by atoms with E-state index >= 15 is 0 Å². The minimum Gasteiger partial charge on any atom is -0.381 e. The summed E-state index contributed by atoms with van der Waals surface area (Å²) in [5.74, 6) is 0.475. The maximum absolute atomic E-state index is 12.5.